The molecule has 18 heavy (non-hydrogen) atoms. The summed E-state index contributed by atoms with van der Waals surface area (Å²) in [6.07, 6.45) is 5.48. The van der Waals surface area contributed by atoms with E-state index in [0.717, 1.165) is 0 Å². The smallest absolute Gasteiger partial charge is 0.337 e. The second-order valence-corrected chi connectivity index (χ2v) is 3.60. The number of esters is 2. The van der Waals surface area contributed by atoms with Crippen LogP contribution in [0, 0.1) is 12.3 Å². The van der Waals surface area contributed by atoms with Crippen molar-refractivity contribution in [3.63, 3.8) is 0 Å². The summed E-state index contributed by atoms with van der Waals surface area (Å²) in [5.74, 6) is 1.12. The largest absolute Gasteiger partial charge is 0.469 e. The summed E-state index contributed by atoms with van der Waals surface area (Å²) in [4.78, 5) is 22.8. The molecule has 0 bridgehead atoms. The molecule has 0 amide bonds. The van der Waals surface area contributed by atoms with Crippen LogP contribution in [-0.4, -0.2) is 26.2 Å². The molecule has 4 nitrogen and oxygen atoms in total. The Bertz CT molecular complexity index is 468. The standard InChI is InChI=1S/C14H14O4/c1-4-5-12(14(16)18-3)10-6-8-11(9-7-10)13(15)17-2/h1,6-9,12H,5H2,2-3H3/t12-/m1/s1. The molecule has 0 saturated carbocycles. The lowest BCUT2D eigenvalue weighted by molar-refractivity contribution is -0.142. The third-order valence-electron chi connectivity index (χ3n) is 2.54. The van der Waals surface area contributed by atoms with Gasteiger partial charge in [0.2, 0.25) is 0 Å². The van der Waals surface area contributed by atoms with E-state index >= 15 is 0 Å². The Balaban J connectivity index is 2.97. The number of carbonyl (C=O) groups is 2. The number of hydrogen-bond acceptors (Lipinski definition) is 4. The molecule has 0 fully saturated rings. The van der Waals surface area contributed by atoms with Crippen LogP contribution in [0.3, 0.4) is 0 Å². The monoisotopic (exact) mass is 246 g/mol. The van der Waals surface area contributed by atoms with Crippen LogP contribution >= 0.6 is 0 Å². The maximum absolute atomic E-state index is 11.6. The fraction of sp³-hybridized carbons (Fsp3) is 0.286. The topological polar surface area (TPSA) is 52.6 Å². The van der Waals surface area contributed by atoms with Crippen molar-refractivity contribution < 1.29 is 19.1 Å². The number of methoxy groups -OCH3 is 2. The summed E-state index contributed by atoms with van der Waals surface area (Å²) in [6.45, 7) is 0. The van der Waals surface area contributed by atoms with Gasteiger partial charge in [-0.05, 0) is 17.7 Å². The fourth-order valence-electron chi connectivity index (χ4n) is 1.57. The SMILES string of the molecule is C#CC[C@@H](C(=O)OC)c1ccc(C(=O)OC)cc1. The lowest BCUT2D eigenvalue weighted by Crippen LogP contribution is -2.14. The fourth-order valence-corrected chi connectivity index (χ4v) is 1.57. The van der Waals surface area contributed by atoms with Crippen molar-refractivity contribution in [1.29, 1.82) is 0 Å². The number of carbonyl (C=O) groups excluding carboxylic acids is 2. The average molecular weight is 246 g/mol. The van der Waals surface area contributed by atoms with Crippen LogP contribution in [0.15, 0.2) is 24.3 Å². The van der Waals surface area contributed by atoms with Gasteiger partial charge in [0.1, 0.15) is 0 Å². The van der Waals surface area contributed by atoms with Crippen molar-refractivity contribution in [2.75, 3.05) is 14.2 Å². The Kier molecular flexibility index (Phi) is 4.94. The summed E-state index contributed by atoms with van der Waals surface area (Å²) in [7, 11) is 2.63. The van der Waals surface area contributed by atoms with E-state index in [1.165, 1.54) is 14.2 Å². The van der Waals surface area contributed by atoms with Crippen molar-refractivity contribution in [2.24, 2.45) is 0 Å². The van der Waals surface area contributed by atoms with E-state index in [4.69, 9.17) is 11.2 Å². The third kappa shape index (κ3) is 3.11. The van der Waals surface area contributed by atoms with Gasteiger partial charge in [-0.1, -0.05) is 12.1 Å². The van der Waals surface area contributed by atoms with E-state index in [0.29, 0.717) is 11.1 Å². The van der Waals surface area contributed by atoms with Crippen LogP contribution in [0.4, 0.5) is 0 Å². The zero-order valence-corrected chi connectivity index (χ0v) is 10.3. The second-order valence-electron chi connectivity index (χ2n) is 3.60. The number of hydrogen-bond donors (Lipinski definition) is 0. The van der Waals surface area contributed by atoms with Crippen molar-refractivity contribution in [3.05, 3.63) is 35.4 Å². The third-order valence-corrected chi connectivity index (χ3v) is 2.54. The Labute approximate surface area is 106 Å². The first kappa shape index (κ1) is 13.8. The first-order chi connectivity index (χ1) is 8.63. The second kappa shape index (κ2) is 6.45. The molecule has 1 aromatic carbocycles. The summed E-state index contributed by atoms with van der Waals surface area (Å²) >= 11 is 0. The number of ether oxygens (including phenoxy) is 2. The zero-order chi connectivity index (χ0) is 13.5. The van der Waals surface area contributed by atoms with Gasteiger partial charge in [-0.2, -0.15) is 0 Å². The molecule has 94 valence electrons. The molecule has 0 radical (unpaired) electrons. The zero-order valence-electron chi connectivity index (χ0n) is 10.3. The predicted molar refractivity (Wildman–Crippen MR) is 66.0 cm³/mol. The summed E-state index contributed by atoms with van der Waals surface area (Å²) in [6, 6.07) is 6.53. The van der Waals surface area contributed by atoms with E-state index in [9.17, 15) is 9.59 Å². The number of benzene rings is 1. The molecule has 0 aliphatic heterocycles. The van der Waals surface area contributed by atoms with Gasteiger partial charge in [-0.25, -0.2) is 4.79 Å². The Morgan fingerprint density at radius 1 is 1.22 bits per heavy atom. The van der Waals surface area contributed by atoms with Gasteiger partial charge in [0.25, 0.3) is 0 Å². The van der Waals surface area contributed by atoms with Gasteiger partial charge in [-0.15, -0.1) is 12.3 Å². The molecule has 0 saturated heterocycles. The van der Waals surface area contributed by atoms with Crippen LogP contribution < -0.4 is 0 Å². The molecule has 0 aromatic heterocycles. The summed E-state index contributed by atoms with van der Waals surface area (Å²) in [5.41, 5.74) is 1.14. The van der Waals surface area contributed by atoms with Crippen molar-refractivity contribution in [3.8, 4) is 12.3 Å². The van der Waals surface area contributed by atoms with E-state index in [1.54, 1.807) is 24.3 Å². The maximum atomic E-state index is 11.6. The Morgan fingerprint density at radius 2 is 1.83 bits per heavy atom. The molecular weight excluding hydrogens is 232 g/mol. The van der Waals surface area contributed by atoms with E-state index in [1.807, 2.05) is 0 Å². The molecule has 0 unspecified atom stereocenters. The van der Waals surface area contributed by atoms with Crippen molar-refractivity contribution >= 4 is 11.9 Å². The summed E-state index contributed by atoms with van der Waals surface area (Å²) in [5, 5.41) is 0. The Hall–Kier alpha value is -2.28. The molecule has 1 aromatic rings. The van der Waals surface area contributed by atoms with E-state index < -0.39 is 17.9 Å². The Morgan fingerprint density at radius 3 is 2.28 bits per heavy atom. The molecule has 0 aliphatic rings. The van der Waals surface area contributed by atoms with Gasteiger partial charge in [0.15, 0.2) is 0 Å². The van der Waals surface area contributed by atoms with Gasteiger partial charge >= 0.3 is 11.9 Å². The molecule has 1 rings (SSSR count). The van der Waals surface area contributed by atoms with Gasteiger partial charge < -0.3 is 9.47 Å². The lowest BCUT2D eigenvalue weighted by Gasteiger charge is -2.12. The van der Waals surface area contributed by atoms with Crippen molar-refractivity contribution in [1.82, 2.24) is 0 Å². The first-order valence-corrected chi connectivity index (χ1v) is 5.33. The number of rotatable bonds is 4. The van der Waals surface area contributed by atoms with Gasteiger partial charge in [0.05, 0.1) is 25.7 Å². The highest BCUT2D eigenvalue weighted by atomic mass is 16.5. The predicted octanol–water partition coefficient (Wildman–Crippen LogP) is 1.75. The van der Waals surface area contributed by atoms with Crippen LogP contribution in [0.2, 0.25) is 0 Å². The quantitative estimate of drug-likeness (QED) is 0.600. The molecule has 4 heteroatoms. The van der Waals surface area contributed by atoms with Crippen LogP contribution in [0.5, 0.6) is 0 Å². The minimum Gasteiger partial charge on any atom is -0.469 e. The molecular formula is C14H14O4. The van der Waals surface area contributed by atoms with Crippen LogP contribution in [-0.2, 0) is 14.3 Å². The minimum absolute atomic E-state index is 0.254. The van der Waals surface area contributed by atoms with Gasteiger partial charge in [-0.3, -0.25) is 4.79 Å². The molecule has 0 spiro atoms. The average Bonchev–Trinajstić information content (AvgIpc) is 2.43. The van der Waals surface area contributed by atoms with E-state index in [-0.39, 0.29) is 6.42 Å². The minimum atomic E-state index is -0.508. The van der Waals surface area contributed by atoms with Crippen molar-refractivity contribution in [2.45, 2.75) is 12.3 Å². The summed E-state index contributed by atoms with van der Waals surface area (Å²) < 4.78 is 9.28. The molecule has 0 N–H and O–H groups in total. The molecule has 0 aliphatic carbocycles. The normalized spacial score (nSPS) is 11.2. The van der Waals surface area contributed by atoms with Crippen LogP contribution in [0.1, 0.15) is 28.3 Å². The molecule has 1 atom stereocenters. The van der Waals surface area contributed by atoms with Gasteiger partial charge in [0, 0.05) is 6.42 Å². The number of terminal acetylenes is 1. The van der Waals surface area contributed by atoms with E-state index in [2.05, 4.69) is 10.7 Å². The van der Waals surface area contributed by atoms with Crippen LogP contribution in [0.25, 0.3) is 0 Å². The highest BCUT2D eigenvalue weighted by Gasteiger charge is 2.20. The highest BCUT2D eigenvalue weighted by Crippen LogP contribution is 2.21. The first-order valence-electron chi connectivity index (χ1n) is 5.33. The molecule has 0 heterocycles. The highest BCUT2D eigenvalue weighted by molar-refractivity contribution is 5.89. The maximum Gasteiger partial charge on any atom is 0.337 e. The lowest BCUT2D eigenvalue weighted by atomic mass is 9.95.